The number of rotatable bonds is 4. The molecule has 1 heterocycles. The van der Waals surface area contributed by atoms with Crippen molar-refractivity contribution in [2.24, 2.45) is 5.92 Å². The van der Waals surface area contributed by atoms with E-state index >= 15 is 0 Å². The first-order valence-corrected chi connectivity index (χ1v) is 7.28. The zero-order valence-corrected chi connectivity index (χ0v) is 13.6. The normalized spacial score (nSPS) is 17.9. The second-order valence-electron chi connectivity index (χ2n) is 4.53. The first-order valence-electron chi connectivity index (χ1n) is 6.11. The smallest absolute Gasteiger partial charge is 0.252 e. The topological polar surface area (TPSA) is 41.1 Å². The molecule has 1 unspecified atom stereocenters. The van der Waals surface area contributed by atoms with E-state index in [2.05, 4.69) is 26.6 Å². The molecule has 0 aromatic heterocycles. The number of benzene rings is 1. The number of carbonyl (C=O) groups is 1. The van der Waals surface area contributed by atoms with Crippen molar-refractivity contribution in [3.63, 3.8) is 0 Å². The molecule has 0 aliphatic carbocycles. The Bertz CT molecular complexity index is 437. The molecule has 0 saturated carbocycles. The summed E-state index contributed by atoms with van der Waals surface area (Å²) in [6.07, 6.45) is 2.22. The Balaban J connectivity index is 0.00000180. The van der Waals surface area contributed by atoms with Crippen molar-refractivity contribution >= 4 is 45.8 Å². The minimum atomic E-state index is -0.0987. The predicted octanol–water partition coefficient (Wildman–Crippen LogP) is 3.25. The maximum atomic E-state index is 11.9. The lowest BCUT2D eigenvalue weighted by molar-refractivity contribution is 0.0952. The Hall–Kier alpha value is -0.290. The van der Waals surface area contributed by atoms with Crippen LogP contribution < -0.4 is 10.6 Å². The van der Waals surface area contributed by atoms with Crippen LogP contribution in [-0.4, -0.2) is 25.5 Å². The van der Waals surface area contributed by atoms with Crippen molar-refractivity contribution in [3.8, 4) is 0 Å². The fourth-order valence-electron chi connectivity index (χ4n) is 2.12. The van der Waals surface area contributed by atoms with Crippen LogP contribution in [0.5, 0.6) is 0 Å². The van der Waals surface area contributed by atoms with E-state index in [1.165, 1.54) is 6.42 Å². The summed E-state index contributed by atoms with van der Waals surface area (Å²) < 4.78 is 0.876. The number of carbonyl (C=O) groups excluding carboxylic acids is 1. The van der Waals surface area contributed by atoms with Gasteiger partial charge in [0.25, 0.3) is 5.91 Å². The molecule has 0 spiro atoms. The average Bonchev–Trinajstić information content (AvgIpc) is 2.81. The highest BCUT2D eigenvalue weighted by molar-refractivity contribution is 9.10. The molecular formula is C13H17BrCl2N2O. The van der Waals surface area contributed by atoms with Gasteiger partial charge in [-0.15, -0.1) is 12.4 Å². The summed E-state index contributed by atoms with van der Waals surface area (Å²) in [5.74, 6) is 0.587. The number of halogens is 3. The van der Waals surface area contributed by atoms with Gasteiger partial charge in [0.1, 0.15) is 0 Å². The molecule has 1 aromatic carbocycles. The molecule has 6 heteroatoms. The molecule has 1 amide bonds. The standard InChI is InChI=1S/C13H16BrClN2O.ClH/c14-10-1-2-11(12(15)7-10)13(18)17-6-4-9-3-5-16-8-9;/h1-2,7,9,16H,3-6,8H2,(H,17,18);1H. The van der Waals surface area contributed by atoms with Gasteiger partial charge in [0.15, 0.2) is 0 Å². The molecule has 0 bridgehead atoms. The molecule has 1 fully saturated rings. The van der Waals surface area contributed by atoms with E-state index in [1.807, 2.05) is 6.07 Å². The van der Waals surface area contributed by atoms with Crippen molar-refractivity contribution in [1.29, 1.82) is 0 Å². The van der Waals surface area contributed by atoms with Gasteiger partial charge in [-0.2, -0.15) is 0 Å². The summed E-state index contributed by atoms with van der Waals surface area (Å²) >= 11 is 9.35. The summed E-state index contributed by atoms with van der Waals surface area (Å²) in [7, 11) is 0. The van der Waals surface area contributed by atoms with Crippen LogP contribution in [0.3, 0.4) is 0 Å². The van der Waals surface area contributed by atoms with Crippen molar-refractivity contribution < 1.29 is 4.79 Å². The Morgan fingerprint density at radius 1 is 1.53 bits per heavy atom. The zero-order valence-electron chi connectivity index (χ0n) is 10.4. The first-order chi connectivity index (χ1) is 8.66. The molecule has 3 nitrogen and oxygen atoms in total. The Labute approximate surface area is 133 Å². The fourth-order valence-corrected chi connectivity index (χ4v) is 2.88. The van der Waals surface area contributed by atoms with Crippen molar-refractivity contribution in [2.45, 2.75) is 12.8 Å². The molecular weight excluding hydrogens is 351 g/mol. The summed E-state index contributed by atoms with van der Waals surface area (Å²) in [5, 5.41) is 6.71. The van der Waals surface area contributed by atoms with Crippen LogP contribution in [0.4, 0.5) is 0 Å². The van der Waals surface area contributed by atoms with E-state index in [-0.39, 0.29) is 18.3 Å². The maximum Gasteiger partial charge on any atom is 0.252 e. The van der Waals surface area contributed by atoms with Crippen LogP contribution >= 0.6 is 39.9 Å². The molecule has 2 N–H and O–H groups in total. The first kappa shape index (κ1) is 16.8. The third-order valence-corrected chi connectivity index (χ3v) is 3.98. The van der Waals surface area contributed by atoms with Gasteiger partial charge in [0.2, 0.25) is 0 Å². The van der Waals surface area contributed by atoms with Crippen LogP contribution in [0.1, 0.15) is 23.2 Å². The monoisotopic (exact) mass is 366 g/mol. The van der Waals surface area contributed by atoms with Gasteiger partial charge >= 0.3 is 0 Å². The lowest BCUT2D eigenvalue weighted by Gasteiger charge is -2.10. The van der Waals surface area contributed by atoms with Crippen molar-refractivity contribution in [1.82, 2.24) is 10.6 Å². The quantitative estimate of drug-likeness (QED) is 0.857. The summed E-state index contributed by atoms with van der Waals surface area (Å²) in [6.45, 7) is 2.86. The zero-order chi connectivity index (χ0) is 13.0. The molecule has 1 aliphatic rings. The lowest BCUT2D eigenvalue weighted by Crippen LogP contribution is -2.26. The molecule has 1 aliphatic heterocycles. The van der Waals surface area contributed by atoms with E-state index in [4.69, 9.17) is 11.6 Å². The maximum absolute atomic E-state index is 11.9. The predicted molar refractivity (Wildman–Crippen MR) is 84.3 cm³/mol. The van der Waals surface area contributed by atoms with E-state index in [1.54, 1.807) is 12.1 Å². The van der Waals surface area contributed by atoms with Gasteiger partial charge in [0, 0.05) is 11.0 Å². The Morgan fingerprint density at radius 2 is 2.32 bits per heavy atom. The minimum Gasteiger partial charge on any atom is -0.352 e. The third-order valence-electron chi connectivity index (χ3n) is 3.18. The second-order valence-corrected chi connectivity index (χ2v) is 5.85. The van der Waals surface area contributed by atoms with Gasteiger partial charge < -0.3 is 10.6 Å². The highest BCUT2D eigenvalue weighted by Gasteiger charge is 2.15. The van der Waals surface area contributed by atoms with Crippen molar-refractivity contribution in [3.05, 3.63) is 33.3 Å². The fraction of sp³-hybridized carbons (Fsp3) is 0.462. The molecule has 19 heavy (non-hydrogen) atoms. The van der Waals surface area contributed by atoms with E-state index in [9.17, 15) is 4.79 Å². The highest BCUT2D eigenvalue weighted by atomic mass is 79.9. The average molecular weight is 368 g/mol. The second kappa shape index (κ2) is 8.10. The number of hydrogen-bond acceptors (Lipinski definition) is 2. The van der Waals surface area contributed by atoms with Crippen LogP contribution in [-0.2, 0) is 0 Å². The Morgan fingerprint density at radius 3 is 2.95 bits per heavy atom. The van der Waals surface area contributed by atoms with Gasteiger partial charge in [0.05, 0.1) is 10.6 Å². The molecule has 1 saturated heterocycles. The van der Waals surface area contributed by atoms with E-state index in [0.29, 0.717) is 23.0 Å². The van der Waals surface area contributed by atoms with Crippen LogP contribution in [0.15, 0.2) is 22.7 Å². The Kier molecular flexibility index (Phi) is 7.15. The summed E-state index contributed by atoms with van der Waals surface area (Å²) in [6, 6.07) is 5.29. The van der Waals surface area contributed by atoms with Crippen LogP contribution in [0, 0.1) is 5.92 Å². The molecule has 106 valence electrons. The van der Waals surface area contributed by atoms with Gasteiger partial charge in [-0.25, -0.2) is 0 Å². The summed E-state index contributed by atoms with van der Waals surface area (Å²) in [4.78, 5) is 11.9. The number of hydrogen-bond donors (Lipinski definition) is 2. The van der Waals surface area contributed by atoms with Crippen molar-refractivity contribution in [2.75, 3.05) is 19.6 Å². The molecule has 2 rings (SSSR count). The number of amides is 1. The van der Waals surface area contributed by atoms with Gasteiger partial charge in [-0.05, 0) is 50.0 Å². The molecule has 1 atom stereocenters. The summed E-state index contributed by atoms with van der Waals surface area (Å²) in [5.41, 5.74) is 0.532. The lowest BCUT2D eigenvalue weighted by atomic mass is 10.1. The van der Waals surface area contributed by atoms with Crippen LogP contribution in [0.2, 0.25) is 5.02 Å². The SMILES string of the molecule is Cl.O=C(NCCC1CCNC1)c1ccc(Br)cc1Cl. The largest absolute Gasteiger partial charge is 0.352 e. The van der Waals surface area contributed by atoms with Gasteiger partial charge in [-0.1, -0.05) is 27.5 Å². The molecule has 0 radical (unpaired) electrons. The molecule has 1 aromatic rings. The van der Waals surface area contributed by atoms with E-state index in [0.717, 1.165) is 24.0 Å². The third kappa shape index (κ3) is 4.95. The van der Waals surface area contributed by atoms with E-state index < -0.39 is 0 Å². The minimum absolute atomic E-state index is 0. The highest BCUT2D eigenvalue weighted by Crippen LogP contribution is 2.21. The van der Waals surface area contributed by atoms with Crippen LogP contribution in [0.25, 0.3) is 0 Å². The van der Waals surface area contributed by atoms with Gasteiger partial charge in [-0.3, -0.25) is 4.79 Å². The number of nitrogens with one attached hydrogen (secondary N) is 2.